The molecule has 1 fully saturated rings. The van der Waals surface area contributed by atoms with E-state index in [2.05, 4.69) is 58.4 Å². The molecule has 1 aromatic heterocycles. The molecule has 1 unspecified atom stereocenters. The van der Waals surface area contributed by atoms with Gasteiger partial charge in [-0.05, 0) is 69.0 Å². The van der Waals surface area contributed by atoms with Gasteiger partial charge in [0, 0.05) is 12.5 Å². The summed E-state index contributed by atoms with van der Waals surface area (Å²) in [4.78, 5) is 19.6. The molecule has 27 heavy (non-hydrogen) atoms. The van der Waals surface area contributed by atoms with E-state index >= 15 is 0 Å². The maximum absolute atomic E-state index is 12.5. The summed E-state index contributed by atoms with van der Waals surface area (Å²) in [6.07, 6.45) is 2.16. The minimum atomic E-state index is 0.00989. The first kappa shape index (κ1) is 18.3. The van der Waals surface area contributed by atoms with E-state index in [4.69, 9.17) is 0 Å². The molecule has 4 heteroatoms. The number of likely N-dealkylation sites (tertiary alicyclic amines) is 1. The highest BCUT2D eigenvalue weighted by atomic mass is 32.1. The van der Waals surface area contributed by atoms with Crippen molar-refractivity contribution in [2.75, 3.05) is 13.1 Å². The zero-order valence-electron chi connectivity index (χ0n) is 16.0. The van der Waals surface area contributed by atoms with E-state index in [-0.39, 0.29) is 11.7 Å². The first-order valence-electron chi connectivity index (χ1n) is 9.74. The number of ketones is 1. The first-order chi connectivity index (χ1) is 13.1. The van der Waals surface area contributed by atoms with Gasteiger partial charge in [0.15, 0.2) is 0 Å². The SMILES string of the molecule is CC(=O)C(c1ccc2nc(C)sc2c1)C1CCN(Cc2ccccc2)CC1. The second-order valence-corrected chi connectivity index (χ2v) is 8.88. The van der Waals surface area contributed by atoms with Crippen LogP contribution in [0.4, 0.5) is 0 Å². The smallest absolute Gasteiger partial charge is 0.137 e. The predicted octanol–water partition coefficient (Wildman–Crippen LogP) is 5.19. The van der Waals surface area contributed by atoms with Gasteiger partial charge in [-0.25, -0.2) is 4.98 Å². The van der Waals surface area contributed by atoms with Gasteiger partial charge in [0.05, 0.1) is 15.2 Å². The number of nitrogens with zero attached hydrogens (tertiary/aromatic N) is 2. The zero-order chi connectivity index (χ0) is 18.8. The summed E-state index contributed by atoms with van der Waals surface area (Å²) in [5.41, 5.74) is 3.58. The normalized spacial score (nSPS) is 17.3. The number of hydrogen-bond acceptors (Lipinski definition) is 4. The lowest BCUT2D eigenvalue weighted by atomic mass is 9.78. The molecule has 140 valence electrons. The van der Waals surface area contributed by atoms with Crippen LogP contribution in [0.3, 0.4) is 0 Å². The Balaban J connectivity index is 1.47. The molecule has 0 N–H and O–H groups in total. The Morgan fingerprint density at radius 2 is 1.93 bits per heavy atom. The Labute approximate surface area is 165 Å². The lowest BCUT2D eigenvalue weighted by Crippen LogP contribution is -2.36. The minimum absolute atomic E-state index is 0.00989. The van der Waals surface area contributed by atoms with Crippen molar-refractivity contribution in [3.05, 3.63) is 64.7 Å². The lowest BCUT2D eigenvalue weighted by Gasteiger charge is -2.35. The maximum atomic E-state index is 12.5. The summed E-state index contributed by atoms with van der Waals surface area (Å²) >= 11 is 1.71. The predicted molar refractivity (Wildman–Crippen MR) is 112 cm³/mol. The van der Waals surface area contributed by atoms with Crippen molar-refractivity contribution < 1.29 is 4.79 Å². The molecule has 1 saturated heterocycles. The third-order valence-electron chi connectivity index (χ3n) is 5.67. The minimum Gasteiger partial charge on any atom is -0.299 e. The fourth-order valence-corrected chi connectivity index (χ4v) is 5.25. The maximum Gasteiger partial charge on any atom is 0.137 e. The number of benzene rings is 2. The van der Waals surface area contributed by atoms with E-state index < -0.39 is 0 Å². The van der Waals surface area contributed by atoms with Crippen LogP contribution >= 0.6 is 11.3 Å². The molecule has 4 rings (SSSR count). The summed E-state index contributed by atoms with van der Waals surface area (Å²) in [5.74, 6) is 0.730. The average molecular weight is 379 g/mol. The number of thiazole rings is 1. The molecule has 1 aliphatic rings. The number of aromatic nitrogens is 1. The molecule has 2 heterocycles. The van der Waals surface area contributed by atoms with Crippen LogP contribution < -0.4 is 0 Å². The van der Waals surface area contributed by atoms with Crippen molar-refractivity contribution in [2.24, 2.45) is 5.92 Å². The number of fused-ring (bicyclic) bond motifs is 1. The second kappa shape index (κ2) is 7.91. The molecule has 0 bridgehead atoms. The molecular formula is C23H26N2OS. The third kappa shape index (κ3) is 4.12. The third-order valence-corrected chi connectivity index (χ3v) is 6.60. The van der Waals surface area contributed by atoms with Gasteiger partial charge in [-0.2, -0.15) is 0 Å². The van der Waals surface area contributed by atoms with Crippen molar-refractivity contribution in [3.63, 3.8) is 0 Å². The molecule has 1 aliphatic heterocycles. The van der Waals surface area contributed by atoms with Crippen LogP contribution in [0.5, 0.6) is 0 Å². The Morgan fingerprint density at radius 1 is 1.19 bits per heavy atom. The first-order valence-corrected chi connectivity index (χ1v) is 10.6. The molecule has 1 atom stereocenters. The van der Waals surface area contributed by atoms with E-state index in [0.29, 0.717) is 5.92 Å². The Bertz CT molecular complexity index is 926. The van der Waals surface area contributed by atoms with E-state index in [1.54, 1.807) is 18.3 Å². The van der Waals surface area contributed by atoms with Gasteiger partial charge in [0.25, 0.3) is 0 Å². The molecule has 0 spiro atoms. The molecule has 0 aliphatic carbocycles. The average Bonchev–Trinajstić information content (AvgIpc) is 3.03. The van der Waals surface area contributed by atoms with Crippen LogP contribution in [0, 0.1) is 12.8 Å². The molecule has 0 saturated carbocycles. The van der Waals surface area contributed by atoms with E-state index in [1.165, 1.54) is 15.8 Å². The van der Waals surface area contributed by atoms with Gasteiger partial charge >= 0.3 is 0 Å². The number of carbonyl (C=O) groups excluding carboxylic acids is 1. The summed E-state index contributed by atoms with van der Waals surface area (Å²) in [6.45, 7) is 6.92. The molecule has 3 nitrogen and oxygen atoms in total. The fraction of sp³-hybridized carbons (Fsp3) is 0.391. The van der Waals surface area contributed by atoms with Gasteiger partial charge in [-0.3, -0.25) is 9.69 Å². The topological polar surface area (TPSA) is 33.2 Å². The highest BCUT2D eigenvalue weighted by Gasteiger charge is 2.31. The fourth-order valence-electron chi connectivity index (χ4n) is 4.37. The van der Waals surface area contributed by atoms with Crippen molar-refractivity contribution in [3.8, 4) is 0 Å². The Hall–Kier alpha value is -2.04. The number of piperidine rings is 1. The van der Waals surface area contributed by atoms with E-state index in [0.717, 1.165) is 43.0 Å². The molecule has 2 aromatic carbocycles. The largest absolute Gasteiger partial charge is 0.299 e. The highest BCUT2D eigenvalue weighted by Crippen LogP contribution is 2.36. The number of carbonyl (C=O) groups is 1. The van der Waals surface area contributed by atoms with Crippen LogP contribution in [-0.2, 0) is 11.3 Å². The van der Waals surface area contributed by atoms with Crippen LogP contribution in [0.25, 0.3) is 10.2 Å². The van der Waals surface area contributed by atoms with Crippen molar-refractivity contribution >= 4 is 27.3 Å². The lowest BCUT2D eigenvalue weighted by molar-refractivity contribution is -0.120. The molecule has 0 radical (unpaired) electrons. The van der Waals surface area contributed by atoms with Gasteiger partial charge < -0.3 is 0 Å². The van der Waals surface area contributed by atoms with Gasteiger partial charge in [-0.1, -0.05) is 36.4 Å². The van der Waals surface area contributed by atoms with Crippen LogP contribution in [0.15, 0.2) is 48.5 Å². The highest BCUT2D eigenvalue weighted by molar-refractivity contribution is 7.18. The quantitative estimate of drug-likeness (QED) is 0.612. The van der Waals surface area contributed by atoms with Crippen molar-refractivity contribution in [1.82, 2.24) is 9.88 Å². The molecular weight excluding hydrogens is 352 g/mol. The zero-order valence-corrected chi connectivity index (χ0v) is 16.8. The van der Waals surface area contributed by atoms with Crippen LogP contribution in [0.1, 0.15) is 41.8 Å². The summed E-state index contributed by atoms with van der Waals surface area (Å²) in [7, 11) is 0. The second-order valence-electron chi connectivity index (χ2n) is 7.65. The summed E-state index contributed by atoms with van der Waals surface area (Å²) < 4.78 is 1.19. The van der Waals surface area contributed by atoms with Gasteiger partial charge in [-0.15, -0.1) is 11.3 Å². The van der Waals surface area contributed by atoms with Crippen LogP contribution in [-0.4, -0.2) is 28.8 Å². The summed E-state index contributed by atoms with van der Waals surface area (Å²) in [5, 5.41) is 1.08. The standard InChI is InChI=1S/C23H26N2OS/c1-16(26)23(20-8-9-21-22(14-20)27-17(2)24-21)19-10-12-25(13-11-19)15-18-6-4-3-5-7-18/h3-9,14,19,23H,10-13,15H2,1-2H3. The van der Waals surface area contributed by atoms with Crippen LogP contribution in [0.2, 0.25) is 0 Å². The van der Waals surface area contributed by atoms with Gasteiger partial charge in [0.2, 0.25) is 0 Å². The number of Topliss-reactive ketones (excluding diaryl/α,β-unsaturated/α-hetero) is 1. The number of rotatable bonds is 5. The molecule has 3 aromatic rings. The Kier molecular flexibility index (Phi) is 5.37. The monoisotopic (exact) mass is 378 g/mol. The van der Waals surface area contributed by atoms with Gasteiger partial charge in [0.1, 0.15) is 5.78 Å². The number of aryl methyl sites for hydroxylation is 1. The number of hydrogen-bond donors (Lipinski definition) is 0. The van der Waals surface area contributed by atoms with Crippen molar-refractivity contribution in [1.29, 1.82) is 0 Å². The van der Waals surface area contributed by atoms with Crippen molar-refractivity contribution in [2.45, 2.75) is 39.2 Å². The van der Waals surface area contributed by atoms with E-state index in [9.17, 15) is 4.79 Å². The Morgan fingerprint density at radius 3 is 2.63 bits per heavy atom. The summed E-state index contributed by atoms with van der Waals surface area (Å²) in [6, 6.07) is 17.0. The molecule has 0 amide bonds. The van der Waals surface area contributed by atoms with E-state index in [1.807, 2.05) is 6.92 Å².